The fourth-order valence-corrected chi connectivity index (χ4v) is 4.40. The number of aliphatic imine (C=N–C) groups is 1. The lowest BCUT2D eigenvalue weighted by atomic mass is 10.0. The molecule has 2 aromatic heterocycles. The number of nitrogens with zero attached hydrogens (tertiary/aromatic N) is 3. The molecule has 28 heavy (non-hydrogen) atoms. The molecule has 5 nitrogen and oxygen atoms in total. The monoisotopic (exact) mass is 384 g/mol. The summed E-state index contributed by atoms with van der Waals surface area (Å²) in [5, 5.41) is 1.97. The third-order valence-electron chi connectivity index (χ3n) is 4.88. The predicted molar refractivity (Wildman–Crippen MR) is 116 cm³/mol. The van der Waals surface area contributed by atoms with Gasteiger partial charge < -0.3 is 5.73 Å². The summed E-state index contributed by atoms with van der Waals surface area (Å²) in [6.07, 6.45) is 1.81. The molecule has 0 saturated carbocycles. The highest BCUT2D eigenvalue weighted by atomic mass is 32.1. The van der Waals surface area contributed by atoms with E-state index in [-0.39, 0.29) is 5.56 Å². The molecule has 1 aliphatic rings. The standard InChI is InChI=1S/C22H16N4OS/c1-13-16(15-9-5-6-10-18(15)24-13)11-17-20(23)26-19(14-7-3-2-4-8-14)12-28-22(26)25-21(17)27/h2-12H,23H2,1H3. The first-order valence-electron chi connectivity index (χ1n) is 8.85. The quantitative estimate of drug-likeness (QED) is 0.547. The molecule has 0 aliphatic carbocycles. The van der Waals surface area contributed by atoms with Crippen molar-refractivity contribution >= 4 is 45.2 Å². The van der Waals surface area contributed by atoms with Crippen molar-refractivity contribution in [1.82, 2.24) is 9.38 Å². The molecule has 2 N–H and O–H groups in total. The van der Waals surface area contributed by atoms with Crippen LogP contribution in [0.3, 0.4) is 0 Å². The van der Waals surface area contributed by atoms with Gasteiger partial charge >= 0.3 is 0 Å². The summed E-state index contributed by atoms with van der Waals surface area (Å²) in [5.74, 6) is 0.389. The molecule has 0 amide bonds. The van der Waals surface area contributed by atoms with Gasteiger partial charge in [0.05, 0.1) is 16.9 Å². The largest absolute Gasteiger partial charge is 0.384 e. The number of thiazole rings is 1. The Kier molecular flexibility index (Phi) is 3.74. The van der Waals surface area contributed by atoms with Crippen LogP contribution in [0.4, 0.5) is 11.5 Å². The van der Waals surface area contributed by atoms with Crippen LogP contribution in [-0.2, 0) is 0 Å². The van der Waals surface area contributed by atoms with Gasteiger partial charge in [-0.3, -0.25) is 14.2 Å². The lowest BCUT2D eigenvalue weighted by molar-refractivity contribution is 1.12. The zero-order valence-corrected chi connectivity index (χ0v) is 15.9. The molecule has 1 aliphatic heterocycles. The fourth-order valence-electron chi connectivity index (χ4n) is 3.51. The number of nitrogens with two attached hydrogens (primary N) is 1. The third kappa shape index (κ3) is 2.50. The van der Waals surface area contributed by atoms with E-state index in [9.17, 15) is 4.79 Å². The van der Waals surface area contributed by atoms with Crippen molar-refractivity contribution < 1.29 is 0 Å². The first-order chi connectivity index (χ1) is 13.6. The highest BCUT2D eigenvalue weighted by molar-refractivity contribution is 7.15. The Bertz CT molecular complexity index is 1350. The smallest absolute Gasteiger partial charge is 0.283 e. The van der Waals surface area contributed by atoms with Crippen LogP contribution in [0.2, 0.25) is 0 Å². The van der Waals surface area contributed by atoms with Gasteiger partial charge in [-0.1, -0.05) is 48.5 Å². The Morgan fingerprint density at radius 3 is 2.64 bits per heavy atom. The molecule has 6 heteroatoms. The number of hydrogen-bond donors (Lipinski definition) is 1. The van der Waals surface area contributed by atoms with Crippen LogP contribution in [0.25, 0.3) is 27.9 Å². The van der Waals surface area contributed by atoms with E-state index in [1.807, 2.05) is 77.4 Å². The van der Waals surface area contributed by atoms with Crippen molar-refractivity contribution in [3.63, 3.8) is 0 Å². The van der Waals surface area contributed by atoms with Gasteiger partial charge in [-0.25, -0.2) is 0 Å². The predicted octanol–water partition coefficient (Wildman–Crippen LogP) is 4.65. The Labute approximate surface area is 165 Å². The number of rotatable bonds is 2. The molecular formula is C22H16N4OS. The molecule has 0 radical (unpaired) electrons. The molecule has 136 valence electrons. The zero-order valence-electron chi connectivity index (χ0n) is 15.1. The lowest BCUT2D eigenvalue weighted by Crippen LogP contribution is -2.16. The average Bonchev–Trinajstić information content (AvgIpc) is 3.26. The van der Waals surface area contributed by atoms with Crippen LogP contribution in [0.5, 0.6) is 0 Å². The van der Waals surface area contributed by atoms with Gasteiger partial charge in [-0.05, 0) is 24.6 Å². The maximum atomic E-state index is 12.7. The SMILES string of the molecule is CC1=Nc2ccccc2C1=Cc1c(N)n2c(-c3ccccc3)csc2nc1=O. The van der Waals surface area contributed by atoms with Gasteiger partial charge in [0.2, 0.25) is 0 Å². The number of fused-ring (bicyclic) bond motifs is 2. The van der Waals surface area contributed by atoms with E-state index in [1.165, 1.54) is 11.3 Å². The number of aromatic nitrogens is 2. The van der Waals surface area contributed by atoms with E-state index < -0.39 is 0 Å². The number of hydrogen-bond acceptors (Lipinski definition) is 5. The molecular weight excluding hydrogens is 368 g/mol. The van der Waals surface area contributed by atoms with Gasteiger partial charge in [0, 0.05) is 22.2 Å². The molecule has 2 aromatic carbocycles. The summed E-state index contributed by atoms with van der Waals surface area (Å²) in [4.78, 5) is 22.2. The lowest BCUT2D eigenvalue weighted by Gasteiger charge is -2.09. The van der Waals surface area contributed by atoms with Gasteiger partial charge in [0.25, 0.3) is 5.56 Å². The Balaban J connectivity index is 1.76. The molecule has 0 fully saturated rings. The molecule has 0 bridgehead atoms. The van der Waals surface area contributed by atoms with Crippen LogP contribution >= 0.6 is 11.3 Å². The van der Waals surface area contributed by atoms with Crippen LogP contribution in [-0.4, -0.2) is 15.1 Å². The Hall–Kier alpha value is -3.51. The van der Waals surface area contributed by atoms with E-state index in [0.29, 0.717) is 16.3 Å². The van der Waals surface area contributed by atoms with Crippen molar-refractivity contribution in [1.29, 1.82) is 0 Å². The Morgan fingerprint density at radius 2 is 1.82 bits per heavy atom. The average molecular weight is 384 g/mol. The maximum absolute atomic E-state index is 12.7. The molecule has 0 saturated heterocycles. The highest BCUT2D eigenvalue weighted by Gasteiger charge is 2.20. The van der Waals surface area contributed by atoms with Crippen LogP contribution in [0, 0.1) is 0 Å². The number of nitrogen functional groups attached to an aromatic ring is 1. The molecule has 3 heterocycles. The fraction of sp³-hybridized carbons (Fsp3) is 0.0455. The number of benzene rings is 2. The van der Waals surface area contributed by atoms with Crippen LogP contribution in [0.15, 0.2) is 69.8 Å². The zero-order chi connectivity index (χ0) is 19.3. The molecule has 5 rings (SSSR count). The number of allylic oxidation sites excluding steroid dienone is 1. The number of anilines is 1. The van der Waals surface area contributed by atoms with E-state index in [4.69, 9.17) is 5.73 Å². The summed E-state index contributed by atoms with van der Waals surface area (Å²) in [5.41, 5.74) is 12.1. The maximum Gasteiger partial charge on any atom is 0.283 e. The van der Waals surface area contributed by atoms with Crippen molar-refractivity contribution in [2.75, 3.05) is 5.73 Å². The summed E-state index contributed by atoms with van der Waals surface area (Å²) in [6, 6.07) is 17.8. The minimum Gasteiger partial charge on any atom is -0.384 e. The summed E-state index contributed by atoms with van der Waals surface area (Å²) in [7, 11) is 0. The van der Waals surface area contributed by atoms with Crippen molar-refractivity contribution in [2.45, 2.75) is 6.92 Å². The minimum absolute atomic E-state index is 0.330. The highest BCUT2D eigenvalue weighted by Crippen LogP contribution is 2.36. The first-order valence-corrected chi connectivity index (χ1v) is 9.73. The second-order valence-electron chi connectivity index (χ2n) is 6.59. The topological polar surface area (TPSA) is 72.8 Å². The Morgan fingerprint density at radius 1 is 1.07 bits per heavy atom. The van der Waals surface area contributed by atoms with Crippen LogP contribution < -0.4 is 11.3 Å². The second-order valence-corrected chi connectivity index (χ2v) is 7.43. The molecule has 0 atom stereocenters. The normalized spacial score (nSPS) is 14.5. The van der Waals surface area contributed by atoms with E-state index >= 15 is 0 Å². The summed E-state index contributed by atoms with van der Waals surface area (Å²) in [6.45, 7) is 1.94. The van der Waals surface area contributed by atoms with Crippen molar-refractivity contribution in [2.24, 2.45) is 4.99 Å². The first kappa shape index (κ1) is 16.6. The van der Waals surface area contributed by atoms with E-state index in [1.54, 1.807) is 0 Å². The van der Waals surface area contributed by atoms with E-state index in [0.717, 1.165) is 33.8 Å². The van der Waals surface area contributed by atoms with Gasteiger partial charge in [-0.15, -0.1) is 11.3 Å². The molecule has 0 unspecified atom stereocenters. The van der Waals surface area contributed by atoms with Crippen molar-refractivity contribution in [3.05, 3.63) is 81.5 Å². The summed E-state index contributed by atoms with van der Waals surface area (Å²) < 4.78 is 1.85. The second kappa shape index (κ2) is 6.28. The minimum atomic E-state index is -0.330. The number of para-hydroxylation sites is 1. The third-order valence-corrected chi connectivity index (χ3v) is 5.71. The van der Waals surface area contributed by atoms with E-state index in [2.05, 4.69) is 9.98 Å². The molecule has 4 aromatic rings. The summed E-state index contributed by atoms with van der Waals surface area (Å²) >= 11 is 1.41. The molecule has 0 spiro atoms. The van der Waals surface area contributed by atoms with Gasteiger partial charge in [0.15, 0.2) is 4.96 Å². The van der Waals surface area contributed by atoms with Gasteiger partial charge in [0.1, 0.15) is 5.82 Å². The van der Waals surface area contributed by atoms with Crippen molar-refractivity contribution in [3.8, 4) is 11.3 Å². The van der Waals surface area contributed by atoms with Crippen LogP contribution in [0.1, 0.15) is 18.1 Å². The van der Waals surface area contributed by atoms with Gasteiger partial charge in [-0.2, -0.15) is 4.98 Å².